The number of hydrogen-bond donors (Lipinski definition) is 1. The first-order valence-electron chi connectivity index (χ1n) is 5.15. The normalized spacial score (nSPS) is 48.5. The monoisotopic (exact) mass is 169 g/mol. The summed E-state index contributed by atoms with van der Waals surface area (Å²) < 4.78 is 5.72. The van der Waals surface area contributed by atoms with Crippen LogP contribution in [0.5, 0.6) is 0 Å². The Labute approximate surface area is 74.7 Å². The first-order chi connectivity index (χ1) is 5.77. The lowest BCUT2D eigenvalue weighted by molar-refractivity contribution is 0.0597. The number of nitrogens with one attached hydrogen (secondary N) is 1. The minimum Gasteiger partial charge on any atom is -0.378 e. The molecular formula is C10H19NO. The topological polar surface area (TPSA) is 21.3 Å². The van der Waals surface area contributed by atoms with Crippen LogP contribution in [0.3, 0.4) is 0 Å². The fraction of sp³-hybridized carbons (Fsp3) is 1.00. The van der Waals surface area contributed by atoms with Gasteiger partial charge in [-0.25, -0.2) is 0 Å². The largest absolute Gasteiger partial charge is 0.378 e. The van der Waals surface area contributed by atoms with E-state index in [0.29, 0.717) is 18.2 Å². The molecule has 0 saturated carbocycles. The maximum Gasteiger partial charge on any atom is 0.0619 e. The molecule has 0 bridgehead atoms. The Hall–Kier alpha value is -0.0800. The smallest absolute Gasteiger partial charge is 0.0619 e. The van der Waals surface area contributed by atoms with Gasteiger partial charge in [-0.3, -0.25) is 0 Å². The molecule has 0 radical (unpaired) electrons. The van der Waals surface area contributed by atoms with E-state index in [-0.39, 0.29) is 0 Å². The molecule has 1 N–H and O–H groups in total. The Bertz CT molecular complexity index is 154. The maximum atomic E-state index is 5.72. The lowest BCUT2D eigenvalue weighted by atomic mass is 9.92. The molecule has 2 aliphatic rings. The lowest BCUT2D eigenvalue weighted by Gasteiger charge is -2.21. The first kappa shape index (κ1) is 8.52. The third kappa shape index (κ3) is 1.50. The van der Waals surface area contributed by atoms with Crippen LogP contribution in [0.4, 0.5) is 0 Å². The van der Waals surface area contributed by atoms with Crippen molar-refractivity contribution in [2.45, 2.75) is 51.3 Å². The molecule has 2 nitrogen and oxygen atoms in total. The molecule has 4 atom stereocenters. The molecule has 4 unspecified atom stereocenters. The van der Waals surface area contributed by atoms with Crippen molar-refractivity contribution in [1.29, 1.82) is 0 Å². The van der Waals surface area contributed by atoms with Crippen molar-refractivity contribution in [3.8, 4) is 0 Å². The fourth-order valence-corrected chi connectivity index (χ4v) is 2.67. The Morgan fingerprint density at radius 1 is 1.33 bits per heavy atom. The Morgan fingerprint density at radius 3 is 2.67 bits per heavy atom. The highest BCUT2D eigenvalue weighted by Gasteiger charge is 2.36. The molecule has 2 heterocycles. The summed E-state index contributed by atoms with van der Waals surface area (Å²) in [6.45, 7) is 5.55. The van der Waals surface area contributed by atoms with Gasteiger partial charge in [0.25, 0.3) is 0 Å². The van der Waals surface area contributed by atoms with Gasteiger partial charge in [-0.2, -0.15) is 0 Å². The third-order valence-corrected chi connectivity index (χ3v) is 3.26. The Kier molecular flexibility index (Phi) is 2.37. The highest BCUT2D eigenvalue weighted by Crippen LogP contribution is 2.30. The average molecular weight is 169 g/mol. The summed E-state index contributed by atoms with van der Waals surface area (Å²) in [5.41, 5.74) is 0. The van der Waals surface area contributed by atoms with E-state index in [1.807, 2.05) is 0 Å². The number of ether oxygens (including phenoxy) is 1. The van der Waals surface area contributed by atoms with Crippen LogP contribution in [-0.2, 0) is 4.74 Å². The highest BCUT2D eigenvalue weighted by atomic mass is 16.5. The third-order valence-electron chi connectivity index (χ3n) is 3.26. The molecule has 2 saturated heterocycles. The van der Waals surface area contributed by atoms with Crippen LogP contribution in [-0.4, -0.2) is 24.8 Å². The van der Waals surface area contributed by atoms with E-state index in [4.69, 9.17) is 4.74 Å². The summed E-state index contributed by atoms with van der Waals surface area (Å²) in [4.78, 5) is 0. The predicted octanol–water partition coefficient (Wildman–Crippen LogP) is 1.55. The second kappa shape index (κ2) is 3.35. The summed E-state index contributed by atoms with van der Waals surface area (Å²) in [6.07, 6.45) is 4.40. The molecular weight excluding hydrogens is 150 g/mol. The van der Waals surface area contributed by atoms with Crippen LogP contribution in [0.15, 0.2) is 0 Å². The maximum absolute atomic E-state index is 5.72. The molecule has 12 heavy (non-hydrogen) atoms. The van der Waals surface area contributed by atoms with Crippen LogP contribution in [0, 0.1) is 5.92 Å². The zero-order valence-electron chi connectivity index (χ0n) is 8.05. The van der Waals surface area contributed by atoms with Gasteiger partial charge in [0.1, 0.15) is 0 Å². The summed E-state index contributed by atoms with van der Waals surface area (Å²) >= 11 is 0. The van der Waals surface area contributed by atoms with Crippen molar-refractivity contribution in [2.24, 2.45) is 5.92 Å². The summed E-state index contributed by atoms with van der Waals surface area (Å²) in [5.74, 6) is 0.766. The van der Waals surface area contributed by atoms with Crippen molar-refractivity contribution in [3.05, 3.63) is 0 Å². The van der Waals surface area contributed by atoms with E-state index >= 15 is 0 Å². The van der Waals surface area contributed by atoms with Crippen LogP contribution in [0.25, 0.3) is 0 Å². The van der Waals surface area contributed by atoms with Crippen molar-refractivity contribution in [2.75, 3.05) is 6.61 Å². The van der Waals surface area contributed by atoms with Crippen LogP contribution in [0.1, 0.15) is 33.1 Å². The van der Waals surface area contributed by atoms with Gasteiger partial charge < -0.3 is 10.1 Å². The van der Waals surface area contributed by atoms with E-state index in [1.165, 1.54) is 19.3 Å². The zero-order valence-corrected chi connectivity index (χ0v) is 8.05. The molecule has 2 heteroatoms. The van der Waals surface area contributed by atoms with Crippen molar-refractivity contribution in [3.63, 3.8) is 0 Å². The van der Waals surface area contributed by atoms with E-state index in [9.17, 15) is 0 Å². The van der Waals surface area contributed by atoms with Crippen LogP contribution >= 0.6 is 0 Å². The van der Waals surface area contributed by atoms with Crippen molar-refractivity contribution in [1.82, 2.24) is 5.32 Å². The molecule has 0 aliphatic carbocycles. The summed E-state index contributed by atoms with van der Waals surface area (Å²) in [7, 11) is 0. The minimum absolute atomic E-state index is 0.553. The molecule has 2 aliphatic heterocycles. The minimum atomic E-state index is 0.553. The lowest BCUT2D eigenvalue weighted by Crippen LogP contribution is -2.31. The van der Waals surface area contributed by atoms with Gasteiger partial charge in [0.05, 0.1) is 6.10 Å². The van der Waals surface area contributed by atoms with Gasteiger partial charge >= 0.3 is 0 Å². The Balaban J connectivity index is 1.94. The van der Waals surface area contributed by atoms with E-state index in [0.717, 1.165) is 12.5 Å². The second-order valence-corrected chi connectivity index (χ2v) is 4.31. The van der Waals surface area contributed by atoms with E-state index in [1.54, 1.807) is 0 Å². The fourth-order valence-electron chi connectivity index (χ4n) is 2.67. The molecule has 0 amide bonds. The van der Waals surface area contributed by atoms with E-state index in [2.05, 4.69) is 19.2 Å². The van der Waals surface area contributed by atoms with Crippen LogP contribution < -0.4 is 5.32 Å². The average Bonchev–Trinajstić information content (AvgIpc) is 2.58. The number of hydrogen-bond acceptors (Lipinski definition) is 2. The quantitative estimate of drug-likeness (QED) is 0.643. The summed E-state index contributed by atoms with van der Waals surface area (Å²) in [6, 6.07) is 1.34. The van der Waals surface area contributed by atoms with Gasteiger partial charge in [-0.05, 0) is 33.1 Å². The SMILES string of the molecule is CC1CC(C2CCCO2)C(C)N1. The standard InChI is InChI=1S/C10H19NO/c1-7-6-9(8(2)11-7)10-4-3-5-12-10/h7-11H,3-6H2,1-2H3. The molecule has 0 aromatic carbocycles. The first-order valence-corrected chi connectivity index (χ1v) is 5.15. The van der Waals surface area contributed by atoms with Gasteiger partial charge in [-0.15, -0.1) is 0 Å². The molecule has 0 spiro atoms. The zero-order chi connectivity index (χ0) is 8.55. The summed E-state index contributed by atoms with van der Waals surface area (Å²) in [5, 5.41) is 3.56. The van der Waals surface area contributed by atoms with Gasteiger partial charge in [0.2, 0.25) is 0 Å². The van der Waals surface area contributed by atoms with Crippen molar-refractivity contribution < 1.29 is 4.74 Å². The molecule has 0 aromatic heterocycles. The van der Waals surface area contributed by atoms with Gasteiger partial charge in [-0.1, -0.05) is 0 Å². The molecule has 70 valence electrons. The van der Waals surface area contributed by atoms with Crippen molar-refractivity contribution >= 4 is 0 Å². The Morgan fingerprint density at radius 2 is 2.17 bits per heavy atom. The van der Waals surface area contributed by atoms with Gasteiger partial charge in [0.15, 0.2) is 0 Å². The van der Waals surface area contributed by atoms with Gasteiger partial charge in [0, 0.05) is 24.6 Å². The van der Waals surface area contributed by atoms with E-state index < -0.39 is 0 Å². The molecule has 2 rings (SSSR count). The second-order valence-electron chi connectivity index (χ2n) is 4.31. The van der Waals surface area contributed by atoms with Crippen LogP contribution in [0.2, 0.25) is 0 Å². The highest BCUT2D eigenvalue weighted by molar-refractivity contribution is 4.91. The number of rotatable bonds is 1. The molecule has 2 fully saturated rings. The predicted molar refractivity (Wildman–Crippen MR) is 49.1 cm³/mol. The molecule has 0 aromatic rings.